The van der Waals surface area contributed by atoms with Gasteiger partial charge in [-0.1, -0.05) is 38.8 Å². The molecule has 5 atom stereocenters. The van der Waals surface area contributed by atoms with Crippen molar-refractivity contribution < 1.29 is 14.6 Å². The van der Waals surface area contributed by atoms with Gasteiger partial charge in [-0.05, 0) is 49.4 Å². The van der Waals surface area contributed by atoms with Gasteiger partial charge in [0.05, 0.1) is 0 Å². The Bertz CT molecular complexity index is 627. The van der Waals surface area contributed by atoms with Gasteiger partial charge in [0.2, 0.25) is 0 Å². The largest absolute Gasteiger partial charge is 0.451 e. The SMILES string of the molecule is CC1=C2C=C3CCC4C(C)(C)CCCC4(C)C3C(O)C2OC1=O. The third-order valence-corrected chi connectivity index (χ3v) is 7.38. The Kier molecular flexibility index (Phi) is 3.17. The van der Waals surface area contributed by atoms with Gasteiger partial charge in [0, 0.05) is 17.1 Å². The average Bonchev–Trinajstić information content (AvgIpc) is 2.74. The summed E-state index contributed by atoms with van der Waals surface area (Å²) in [6, 6.07) is 0. The number of carbonyl (C=O) groups is 1. The molecular weight excluding hydrogens is 288 g/mol. The summed E-state index contributed by atoms with van der Waals surface area (Å²) in [6.45, 7) is 8.98. The zero-order valence-corrected chi connectivity index (χ0v) is 14.7. The molecule has 4 rings (SSSR count). The lowest BCUT2D eigenvalue weighted by molar-refractivity contribution is -0.152. The second-order valence-electron chi connectivity index (χ2n) is 9.03. The zero-order valence-electron chi connectivity index (χ0n) is 14.7. The Morgan fingerprint density at radius 3 is 2.74 bits per heavy atom. The lowest BCUT2D eigenvalue weighted by atomic mass is 9.45. The van der Waals surface area contributed by atoms with Crippen molar-refractivity contribution in [2.75, 3.05) is 0 Å². The van der Waals surface area contributed by atoms with Crippen molar-refractivity contribution in [1.29, 1.82) is 0 Å². The molecule has 1 aliphatic heterocycles. The highest BCUT2D eigenvalue weighted by molar-refractivity contribution is 5.92. The van der Waals surface area contributed by atoms with Gasteiger partial charge in [-0.2, -0.15) is 0 Å². The fourth-order valence-electron chi connectivity index (χ4n) is 6.34. The van der Waals surface area contributed by atoms with Gasteiger partial charge >= 0.3 is 5.97 Å². The van der Waals surface area contributed by atoms with Crippen molar-refractivity contribution in [3.63, 3.8) is 0 Å². The lowest BCUT2D eigenvalue weighted by Crippen LogP contribution is -2.56. The van der Waals surface area contributed by atoms with E-state index in [-0.39, 0.29) is 17.3 Å². The molecule has 1 N–H and O–H groups in total. The molecule has 0 saturated heterocycles. The van der Waals surface area contributed by atoms with Crippen LogP contribution in [0.1, 0.15) is 59.8 Å². The molecule has 0 bridgehead atoms. The molecule has 0 spiro atoms. The van der Waals surface area contributed by atoms with Crippen molar-refractivity contribution in [2.45, 2.75) is 72.0 Å². The molecule has 0 aromatic carbocycles. The van der Waals surface area contributed by atoms with Gasteiger partial charge < -0.3 is 9.84 Å². The van der Waals surface area contributed by atoms with Crippen molar-refractivity contribution in [3.8, 4) is 0 Å². The van der Waals surface area contributed by atoms with E-state index < -0.39 is 12.2 Å². The molecule has 126 valence electrons. The molecule has 4 aliphatic rings. The minimum Gasteiger partial charge on any atom is -0.451 e. The van der Waals surface area contributed by atoms with Gasteiger partial charge in [-0.15, -0.1) is 0 Å². The molecule has 0 amide bonds. The minimum atomic E-state index is -0.590. The maximum Gasteiger partial charge on any atom is 0.334 e. The van der Waals surface area contributed by atoms with E-state index in [4.69, 9.17) is 4.74 Å². The topological polar surface area (TPSA) is 46.5 Å². The van der Waals surface area contributed by atoms with E-state index in [1.165, 1.54) is 31.3 Å². The number of esters is 1. The van der Waals surface area contributed by atoms with E-state index >= 15 is 0 Å². The highest BCUT2D eigenvalue weighted by Crippen LogP contribution is 2.63. The van der Waals surface area contributed by atoms with Crippen LogP contribution in [0.2, 0.25) is 0 Å². The molecule has 0 radical (unpaired) electrons. The summed E-state index contributed by atoms with van der Waals surface area (Å²) in [6.07, 6.45) is 7.06. The van der Waals surface area contributed by atoms with E-state index in [0.29, 0.717) is 16.9 Å². The predicted octanol–water partition coefficient (Wildman–Crippen LogP) is 3.77. The van der Waals surface area contributed by atoms with Crippen LogP contribution < -0.4 is 0 Å². The van der Waals surface area contributed by atoms with Crippen molar-refractivity contribution >= 4 is 5.97 Å². The molecule has 2 saturated carbocycles. The molecular formula is C20H28O3. The number of fused-ring (bicyclic) bond motifs is 4. The summed E-state index contributed by atoms with van der Waals surface area (Å²) in [4.78, 5) is 11.9. The van der Waals surface area contributed by atoms with E-state index in [1.54, 1.807) is 0 Å². The Morgan fingerprint density at radius 2 is 2.00 bits per heavy atom. The van der Waals surface area contributed by atoms with Crippen LogP contribution in [0.25, 0.3) is 0 Å². The first-order chi connectivity index (χ1) is 10.8. The first-order valence-corrected chi connectivity index (χ1v) is 9.06. The summed E-state index contributed by atoms with van der Waals surface area (Å²) in [5.41, 5.74) is 3.39. The maximum atomic E-state index is 11.9. The summed E-state index contributed by atoms with van der Waals surface area (Å²) in [7, 11) is 0. The van der Waals surface area contributed by atoms with Gasteiger partial charge in [0.1, 0.15) is 6.10 Å². The van der Waals surface area contributed by atoms with Gasteiger partial charge in [-0.25, -0.2) is 4.79 Å². The standard InChI is InChI=1S/C20H28O3/c1-11-13-10-12-6-7-14-19(2,3)8-5-9-20(14,4)15(12)16(21)17(13)23-18(11)22/h10,14-17,21H,5-9H2,1-4H3. The second kappa shape index (κ2) is 4.72. The fraction of sp³-hybridized carbons (Fsp3) is 0.750. The molecule has 3 nitrogen and oxygen atoms in total. The monoisotopic (exact) mass is 316 g/mol. The van der Waals surface area contributed by atoms with E-state index in [2.05, 4.69) is 26.8 Å². The average molecular weight is 316 g/mol. The normalized spacial score (nSPS) is 44.9. The van der Waals surface area contributed by atoms with Gasteiger partial charge in [-0.3, -0.25) is 0 Å². The van der Waals surface area contributed by atoms with Gasteiger partial charge in [0.15, 0.2) is 6.10 Å². The van der Waals surface area contributed by atoms with Crippen LogP contribution in [0.5, 0.6) is 0 Å². The maximum absolute atomic E-state index is 11.9. The smallest absolute Gasteiger partial charge is 0.334 e. The fourth-order valence-corrected chi connectivity index (χ4v) is 6.34. The van der Waals surface area contributed by atoms with Crippen molar-refractivity contribution in [3.05, 3.63) is 22.8 Å². The minimum absolute atomic E-state index is 0.111. The molecule has 1 heterocycles. The Balaban J connectivity index is 1.79. The zero-order chi connectivity index (χ0) is 16.6. The Morgan fingerprint density at radius 1 is 1.26 bits per heavy atom. The number of carbonyl (C=O) groups excluding carboxylic acids is 1. The van der Waals surface area contributed by atoms with Crippen LogP contribution in [0.3, 0.4) is 0 Å². The highest BCUT2D eigenvalue weighted by Gasteiger charge is 2.58. The predicted molar refractivity (Wildman–Crippen MR) is 88.6 cm³/mol. The van der Waals surface area contributed by atoms with Crippen LogP contribution in [0.4, 0.5) is 0 Å². The van der Waals surface area contributed by atoms with Crippen LogP contribution in [-0.4, -0.2) is 23.3 Å². The van der Waals surface area contributed by atoms with Crippen LogP contribution >= 0.6 is 0 Å². The highest BCUT2D eigenvalue weighted by atomic mass is 16.6. The van der Waals surface area contributed by atoms with E-state index in [1.807, 2.05) is 6.92 Å². The number of ether oxygens (including phenoxy) is 1. The number of rotatable bonds is 0. The first-order valence-electron chi connectivity index (χ1n) is 9.06. The quantitative estimate of drug-likeness (QED) is 0.692. The third kappa shape index (κ3) is 1.95. The summed E-state index contributed by atoms with van der Waals surface area (Å²) in [5.74, 6) is 0.503. The molecule has 23 heavy (non-hydrogen) atoms. The molecule has 0 aromatic heterocycles. The molecule has 3 heteroatoms. The molecule has 5 unspecified atom stereocenters. The molecule has 2 fully saturated rings. The number of aliphatic hydroxyl groups is 1. The Hall–Kier alpha value is -1.09. The number of hydrogen-bond acceptors (Lipinski definition) is 3. The number of hydrogen-bond donors (Lipinski definition) is 1. The summed E-state index contributed by atoms with van der Waals surface area (Å²) < 4.78 is 5.51. The molecule has 0 aromatic rings. The number of aliphatic hydroxyl groups excluding tert-OH is 1. The Labute approximate surface area is 138 Å². The van der Waals surface area contributed by atoms with E-state index in [0.717, 1.165) is 12.0 Å². The third-order valence-electron chi connectivity index (χ3n) is 7.38. The van der Waals surface area contributed by atoms with Crippen LogP contribution in [-0.2, 0) is 9.53 Å². The summed E-state index contributed by atoms with van der Waals surface area (Å²) >= 11 is 0. The van der Waals surface area contributed by atoms with Crippen LogP contribution in [0, 0.1) is 22.7 Å². The first kappa shape index (κ1) is 15.4. The van der Waals surface area contributed by atoms with Gasteiger partial charge in [0.25, 0.3) is 0 Å². The second-order valence-corrected chi connectivity index (χ2v) is 9.03. The van der Waals surface area contributed by atoms with Crippen molar-refractivity contribution in [2.24, 2.45) is 22.7 Å². The van der Waals surface area contributed by atoms with E-state index in [9.17, 15) is 9.90 Å². The van der Waals surface area contributed by atoms with Crippen molar-refractivity contribution in [1.82, 2.24) is 0 Å². The lowest BCUT2D eigenvalue weighted by Gasteiger charge is -2.60. The summed E-state index contributed by atoms with van der Waals surface area (Å²) in [5, 5.41) is 11.1. The molecule has 3 aliphatic carbocycles. The van der Waals surface area contributed by atoms with Crippen LogP contribution in [0.15, 0.2) is 22.8 Å².